The molecule has 2 aromatic carbocycles. The molecule has 170 valence electrons. The normalized spacial score (nSPS) is 13.9. The lowest BCUT2D eigenvalue weighted by atomic mass is 10.0. The Bertz CT molecular complexity index is 1270. The third-order valence-electron chi connectivity index (χ3n) is 5.49. The number of benzene rings is 2. The van der Waals surface area contributed by atoms with Crippen molar-refractivity contribution >= 4 is 44.4 Å². The van der Waals surface area contributed by atoms with Gasteiger partial charge in [0.05, 0.1) is 28.8 Å². The third-order valence-corrected chi connectivity index (χ3v) is 7.36. The number of imidazole rings is 1. The molecule has 1 aliphatic rings. The van der Waals surface area contributed by atoms with Gasteiger partial charge in [-0.05, 0) is 61.2 Å². The molecule has 2 heterocycles. The molecule has 0 atom stereocenters. The van der Waals surface area contributed by atoms with Crippen LogP contribution in [-0.4, -0.2) is 43.3 Å². The molecule has 10 heteroatoms. The summed E-state index contributed by atoms with van der Waals surface area (Å²) in [4.78, 5) is 19.6. The van der Waals surface area contributed by atoms with Crippen LogP contribution in [0.3, 0.4) is 0 Å². The Hall–Kier alpha value is -2.56. The maximum atomic E-state index is 13.1. The fourth-order valence-corrected chi connectivity index (χ4v) is 5.43. The Morgan fingerprint density at radius 3 is 2.78 bits per heavy atom. The van der Waals surface area contributed by atoms with Gasteiger partial charge in [-0.25, -0.2) is 18.5 Å². The Labute approximate surface area is 191 Å². The van der Waals surface area contributed by atoms with Crippen molar-refractivity contribution in [2.75, 3.05) is 24.3 Å². The number of hydrogen-bond donors (Lipinski definition) is 1. The molecule has 4 rings (SSSR count). The van der Waals surface area contributed by atoms with Crippen LogP contribution in [-0.2, 0) is 27.8 Å². The summed E-state index contributed by atoms with van der Waals surface area (Å²) in [6.07, 6.45) is 2.70. The number of amides is 1. The maximum Gasteiger partial charge on any atom is 0.238 e. The second kappa shape index (κ2) is 9.13. The molecule has 2 N–H and O–H groups in total. The van der Waals surface area contributed by atoms with E-state index in [1.165, 1.54) is 23.9 Å². The predicted molar refractivity (Wildman–Crippen MR) is 126 cm³/mol. The number of rotatable bonds is 7. The molecule has 1 amide bonds. The summed E-state index contributed by atoms with van der Waals surface area (Å²) in [6.45, 7) is 3.46. The Morgan fingerprint density at radius 1 is 1.25 bits per heavy atom. The van der Waals surface area contributed by atoms with Gasteiger partial charge in [-0.3, -0.25) is 4.79 Å². The van der Waals surface area contributed by atoms with Gasteiger partial charge in [0.25, 0.3) is 0 Å². The highest BCUT2D eigenvalue weighted by Crippen LogP contribution is 2.32. The number of carbonyl (C=O) groups excluding carboxylic acids is 1. The summed E-state index contributed by atoms with van der Waals surface area (Å²) in [7, 11) is -2.17. The van der Waals surface area contributed by atoms with E-state index < -0.39 is 10.0 Å². The highest BCUT2D eigenvalue weighted by Gasteiger charge is 2.24. The molecule has 1 aromatic heterocycles. The predicted octanol–water partition coefficient (Wildman–Crippen LogP) is 3.17. The molecule has 0 bridgehead atoms. The van der Waals surface area contributed by atoms with E-state index in [4.69, 9.17) is 9.88 Å². The first-order valence-corrected chi connectivity index (χ1v) is 13.0. The Kier molecular flexibility index (Phi) is 6.45. The number of fused-ring (bicyclic) bond motifs is 2. The van der Waals surface area contributed by atoms with Crippen LogP contribution >= 0.6 is 11.8 Å². The first kappa shape index (κ1) is 22.6. The number of ether oxygens (including phenoxy) is 1. The van der Waals surface area contributed by atoms with Crippen molar-refractivity contribution < 1.29 is 17.9 Å². The van der Waals surface area contributed by atoms with E-state index in [9.17, 15) is 13.2 Å². The number of carbonyl (C=O) groups is 1. The van der Waals surface area contributed by atoms with E-state index in [2.05, 4.69) is 11.9 Å². The van der Waals surface area contributed by atoms with Crippen molar-refractivity contribution in [1.82, 2.24) is 9.55 Å². The van der Waals surface area contributed by atoms with Gasteiger partial charge in [0.1, 0.15) is 5.75 Å². The molecular weight excluding hydrogens is 448 g/mol. The van der Waals surface area contributed by atoms with Crippen molar-refractivity contribution in [3.8, 4) is 5.75 Å². The van der Waals surface area contributed by atoms with Crippen LogP contribution in [0, 0.1) is 0 Å². The molecular formula is C22H26N4O4S2. The van der Waals surface area contributed by atoms with E-state index in [-0.39, 0.29) is 16.6 Å². The van der Waals surface area contributed by atoms with Gasteiger partial charge in [-0.2, -0.15) is 0 Å². The fraction of sp³-hybridized carbons (Fsp3) is 0.364. The monoisotopic (exact) mass is 474 g/mol. The topological polar surface area (TPSA) is 108 Å². The van der Waals surface area contributed by atoms with Crippen LogP contribution in [0.25, 0.3) is 11.0 Å². The number of methoxy groups -OCH3 is 1. The van der Waals surface area contributed by atoms with Gasteiger partial charge < -0.3 is 14.2 Å². The summed E-state index contributed by atoms with van der Waals surface area (Å²) in [5.74, 6) is 1.04. The zero-order valence-electron chi connectivity index (χ0n) is 18.1. The Morgan fingerprint density at radius 2 is 2.06 bits per heavy atom. The van der Waals surface area contributed by atoms with Gasteiger partial charge in [0, 0.05) is 18.8 Å². The molecule has 8 nitrogen and oxygen atoms in total. The summed E-state index contributed by atoms with van der Waals surface area (Å²) >= 11 is 1.37. The molecule has 3 aromatic rings. The zero-order chi connectivity index (χ0) is 22.9. The smallest absolute Gasteiger partial charge is 0.238 e. The summed E-state index contributed by atoms with van der Waals surface area (Å²) in [5, 5.41) is 5.95. The average Bonchev–Trinajstić information content (AvgIpc) is 3.13. The van der Waals surface area contributed by atoms with Crippen molar-refractivity contribution in [1.29, 1.82) is 0 Å². The molecule has 0 unspecified atom stereocenters. The number of hydrogen-bond acceptors (Lipinski definition) is 6. The van der Waals surface area contributed by atoms with Crippen molar-refractivity contribution in [2.45, 2.75) is 42.8 Å². The number of aryl methyl sites for hydroxylation is 2. The van der Waals surface area contributed by atoms with Gasteiger partial charge in [-0.15, -0.1) is 0 Å². The number of nitrogens with zero attached hydrogens (tertiary/aromatic N) is 3. The molecule has 1 aliphatic heterocycles. The van der Waals surface area contributed by atoms with E-state index in [1.54, 1.807) is 13.2 Å². The van der Waals surface area contributed by atoms with E-state index in [0.717, 1.165) is 41.8 Å². The summed E-state index contributed by atoms with van der Waals surface area (Å²) in [5.41, 5.74) is 3.42. The van der Waals surface area contributed by atoms with Crippen LogP contribution in [0.2, 0.25) is 0 Å². The molecule has 0 aliphatic carbocycles. The summed E-state index contributed by atoms with van der Waals surface area (Å²) in [6, 6.07) is 10.5. The SMILES string of the molecule is CCCn1c(SCC(=O)N2CCCc3cc(OC)ccc32)nc2cc(S(N)(=O)=O)ccc21. The second-order valence-electron chi connectivity index (χ2n) is 7.67. The molecule has 0 fully saturated rings. The van der Waals surface area contributed by atoms with Crippen LogP contribution < -0.4 is 14.8 Å². The van der Waals surface area contributed by atoms with Crippen molar-refractivity contribution in [3.05, 3.63) is 42.0 Å². The minimum atomic E-state index is -3.81. The standard InChI is InChI=1S/C22H26N4O4S2/c1-3-10-26-20-9-7-17(32(23,28)29)13-18(20)24-22(26)31-14-21(27)25-11-4-5-15-12-16(30-2)6-8-19(15)25/h6-9,12-13H,3-5,10-11,14H2,1-2H3,(H2,23,28,29). The zero-order valence-corrected chi connectivity index (χ0v) is 19.7. The molecule has 0 saturated carbocycles. The van der Waals surface area contributed by atoms with E-state index in [0.29, 0.717) is 23.8 Å². The quantitative estimate of drug-likeness (QED) is 0.527. The van der Waals surface area contributed by atoms with Crippen LogP contribution in [0.5, 0.6) is 5.75 Å². The van der Waals surface area contributed by atoms with Gasteiger partial charge in [0.2, 0.25) is 15.9 Å². The first-order valence-electron chi connectivity index (χ1n) is 10.4. The largest absolute Gasteiger partial charge is 0.497 e. The minimum absolute atomic E-state index is 0.0152. The highest BCUT2D eigenvalue weighted by atomic mass is 32.2. The Balaban J connectivity index is 1.58. The lowest BCUT2D eigenvalue weighted by molar-refractivity contribution is -0.116. The molecule has 0 radical (unpaired) electrons. The highest BCUT2D eigenvalue weighted by molar-refractivity contribution is 7.99. The van der Waals surface area contributed by atoms with E-state index in [1.807, 2.05) is 27.7 Å². The van der Waals surface area contributed by atoms with E-state index >= 15 is 0 Å². The summed E-state index contributed by atoms with van der Waals surface area (Å²) < 4.78 is 30.7. The lowest BCUT2D eigenvalue weighted by Crippen LogP contribution is -2.36. The number of primary sulfonamides is 1. The number of sulfonamides is 1. The van der Waals surface area contributed by atoms with Gasteiger partial charge >= 0.3 is 0 Å². The average molecular weight is 475 g/mol. The van der Waals surface area contributed by atoms with Crippen LogP contribution in [0.1, 0.15) is 25.3 Å². The molecule has 32 heavy (non-hydrogen) atoms. The fourth-order valence-electron chi connectivity index (χ4n) is 3.98. The minimum Gasteiger partial charge on any atom is -0.497 e. The lowest BCUT2D eigenvalue weighted by Gasteiger charge is -2.29. The van der Waals surface area contributed by atoms with Crippen LogP contribution in [0.15, 0.2) is 46.5 Å². The first-order chi connectivity index (χ1) is 15.3. The third kappa shape index (κ3) is 4.48. The number of anilines is 1. The van der Waals surface area contributed by atoms with Crippen molar-refractivity contribution in [3.63, 3.8) is 0 Å². The second-order valence-corrected chi connectivity index (χ2v) is 10.2. The number of thioether (sulfide) groups is 1. The maximum absolute atomic E-state index is 13.1. The van der Waals surface area contributed by atoms with Gasteiger partial charge in [-0.1, -0.05) is 18.7 Å². The van der Waals surface area contributed by atoms with Crippen molar-refractivity contribution in [2.24, 2.45) is 5.14 Å². The van der Waals surface area contributed by atoms with Crippen LogP contribution in [0.4, 0.5) is 5.69 Å². The molecule has 0 saturated heterocycles. The van der Waals surface area contributed by atoms with Gasteiger partial charge in [0.15, 0.2) is 5.16 Å². The molecule has 0 spiro atoms. The number of aromatic nitrogens is 2. The number of nitrogens with two attached hydrogens (primary N) is 1.